The summed E-state index contributed by atoms with van der Waals surface area (Å²) in [4.78, 5) is 12.5. The lowest BCUT2D eigenvalue weighted by atomic mass is 10.1. The summed E-state index contributed by atoms with van der Waals surface area (Å²) in [6.07, 6.45) is 5.31. The average Bonchev–Trinajstić information content (AvgIpc) is 2.51. The van der Waals surface area contributed by atoms with Crippen molar-refractivity contribution in [2.45, 2.75) is 13.0 Å². The van der Waals surface area contributed by atoms with Gasteiger partial charge in [0.15, 0.2) is 6.04 Å². The van der Waals surface area contributed by atoms with Gasteiger partial charge in [-0.1, -0.05) is 48.0 Å². The third kappa shape index (κ3) is 4.20. The molecule has 2 aromatic carbocycles. The molecule has 2 rings (SSSR count). The zero-order valence-corrected chi connectivity index (χ0v) is 12.0. The highest BCUT2D eigenvalue weighted by molar-refractivity contribution is 5.94. The Balaban J connectivity index is 2.14. The summed E-state index contributed by atoms with van der Waals surface area (Å²) in [6.45, 7) is 2.47. The van der Waals surface area contributed by atoms with Crippen molar-refractivity contribution in [3.8, 4) is 12.3 Å². The van der Waals surface area contributed by atoms with Gasteiger partial charge in [0.1, 0.15) is 6.54 Å². The minimum absolute atomic E-state index is 0.0692. The third-order valence-electron chi connectivity index (χ3n) is 3.23. The van der Waals surface area contributed by atoms with Crippen LogP contribution in [0.5, 0.6) is 0 Å². The summed E-state index contributed by atoms with van der Waals surface area (Å²) in [6, 6.07) is 17.0. The van der Waals surface area contributed by atoms with E-state index in [0.29, 0.717) is 6.54 Å². The lowest BCUT2D eigenvalue weighted by molar-refractivity contribution is -0.672. The Morgan fingerprint density at radius 1 is 1.19 bits per heavy atom. The van der Waals surface area contributed by atoms with Crippen LogP contribution in [0.15, 0.2) is 54.6 Å². The summed E-state index contributed by atoms with van der Waals surface area (Å²) in [5, 5.41) is 4.80. The van der Waals surface area contributed by atoms with Gasteiger partial charge < -0.3 is 10.6 Å². The van der Waals surface area contributed by atoms with Gasteiger partial charge in [0.2, 0.25) is 0 Å². The van der Waals surface area contributed by atoms with Crippen LogP contribution in [-0.4, -0.2) is 12.5 Å². The van der Waals surface area contributed by atoms with Crippen LogP contribution in [-0.2, 0) is 4.79 Å². The van der Waals surface area contributed by atoms with Gasteiger partial charge in [0.25, 0.3) is 5.91 Å². The van der Waals surface area contributed by atoms with E-state index in [-0.39, 0.29) is 11.9 Å². The zero-order chi connectivity index (χ0) is 15.1. The fourth-order valence-electron chi connectivity index (χ4n) is 2.10. The second-order valence-corrected chi connectivity index (χ2v) is 4.89. The maximum absolute atomic E-state index is 12.5. The van der Waals surface area contributed by atoms with Gasteiger partial charge in [-0.05, 0) is 25.0 Å². The van der Waals surface area contributed by atoms with Crippen molar-refractivity contribution in [2.24, 2.45) is 0 Å². The van der Waals surface area contributed by atoms with Crippen molar-refractivity contribution in [2.75, 3.05) is 11.9 Å². The number of rotatable bonds is 5. The molecule has 0 aliphatic carbocycles. The quantitative estimate of drug-likeness (QED) is 0.806. The van der Waals surface area contributed by atoms with Crippen LogP contribution in [0.2, 0.25) is 0 Å². The predicted octanol–water partition coefficient (Wildman–Crippen LogP) is 1.87. The van der Waals surface area contributed by atoms with E-state index in [9.17, 15) is 4.79 Å². The molecule has 0 radical (unpaired) electrons. The molecule has 1 amide bonds. The first kappa shape index (κ1) is 14.8. The first-order valence-corrected chi connectivity index (χ1v) is 6.90. The van der Waals surface area contributed by atoms with Crippen molar-refractivity contribution >= 4 is 11.6 Å². The Labute approximate surface area is 125 Å². The SMILES string of the molecule is C#CC[NH2+][C@H](C(=O)Nc1ccc(C)cc1)c1ccccc1. The minimum atomic E-state index is -0.344. The molecule has 0 fully saturated rings. The van der Waals surface area contributed by atoms with E-state index in [1.165, 1.54) is 0 Å². The molecule has 0 unspecified atom stereocenters. The number of benzene rings is 2. The lowest BCUT2D eigenvalue weighted by Crippen LogP contribution is -2.87. The van der Waals surface area contributed by atoms with Gasteiger partial charge in [-0.25, -0.2) is 0 Å². The number of amides is 1. The zero-order valence-electron chi connectivity index (χ0n) is 12.0. The number of aryl methyl sites for hydroxylation is 1. The topological polar surface area (TPSA) is 45.7 Å². The van der Waals surface area contributed by atoms with E-state index >= 15 is 0 Å². The van der Waals surface area contributed by atoms with E-state index in [1.807, 2.05) is 66.8 Å². The van der Waals surface area contributed by atoms with Gasteiger partial charge in [0, 0.05) is 11.3 Å². The smallest absolute Gasteiger partial charge is 0.287 e. The van der Waals surface area contributed by atoms with Gasteiger partial charge in [-0.3, -0.25) is 4.79 Å². The number of carbonyl (C=O) groups is 1. The molecule has 0 aromatic heterocycles. The second kappa shape index (κ2) is 7.28. The Morgan fingerprint density at radius 3 is 2.48 bits per heavy atom. The van der Waals surface area contributed by atoms with Crippen LogP contribution in [0.4, 0.5) is 5.69 Å². The molecule has 0 saturated heterocycles. The number of nitrogens with two attached hydrogens (primary N) is 1. The highest BCUT2D eigenvalue weighted by Crippen LogP contribution is 2.13. The predicted molar refractivity (Wildman–Crippen MR) is 84.6 cm³/mol. The van der Waals surface area contributed by atoms with Crippen molar-refractivity contribution in [1.82, 2.24) is 0 Å². The molecule has 2 aromatic rings. The normalized spacial score (nSPS) is 11.4. The number of anilines is 1. The first-order valence-electron chi connectivity index (χ1n) is 6.90. The molecule has 0 aliphatic rings. The van der Waals surface area contributed by atoms with E-state index in [0.717, 1.165) is 16.8 Å². The molecule has 0 aliphatic heterocycles. The molecule has 0 heterocycles. The highest BCUT2D eigenvalue weighted by atomic mass is 16.2. The van der Waals surface area contributed by atoms with Crippen molar-refractivity contribution in [1.29, 1.82) is 0 Å². The standard InChI is InChI=1S/C18H18N2O/c1-3-13-19-17(15-7-5-4-6-8-15)18(21)20-16-11-9-14(2)10-12-16/h1,4-12,17,19H,13H2,2H3,(H,20,21)/p+1/t17-/m0/s1. The van der Waals surface area contributed by atoms with Crippen molar-refractivity contribution < 1.29 is 10.1 Å². The Morgan fingerprint density at radius 2 is 1.86 bits per heavy atom. The molecule has 3 N–H and O–H groups in total. The molecule has 3 heteroatoms. The first-order chi connectivity index (χ1) is 10.2. The molecule has 1 atom stereocenters. The second-order valence-electron chi connectivity index (χ2n) is 4.89. The molecule has 0 bridgehead atoms. The summed E-state index contributed by atoms with van der Waals surface area (Å²) in [5.41, 5.74) is 2.89. The van der Waals surface area contributed by atoms with Crippen LogP contribution in [0.25, 0.3) is 0 Å². The van der Waals surface area contributed by atoms with E-state index in [4.69, 9.17) is 6.42 Å². The summed E-state index contributed by atoms with van der Waals surface area (Å²) < 4.78 is 0. The molecular weight excluding hydrogens is 260 g/mol. The van der Waals surface area contributed by atoms with E-state index in [1.54, 1.807) is 0 Å². The van der Waals surface area contributed by atoms with Gasteiger partial charge in [-0.2, -0.15) is 0 Å². The largest absolute Gasteiger partial charge is 0.322 e. The number of nitrogens with one attached hydrogen (secondary N) is 1. The Kier molecular flexibility index (Phi) is 5.14. The highest BCUT2D eigenvalue weighted by Gasteiger charge is 2.23. The molecule has 0 saturated carbocycles. The molecule has 0 spiro atoms. The number of hydrogen-bond donors (Lipinski definition) is 2. The monoisotopic (exact) mass is 279 g/mol. The fraction of sp³-hybridized carbons (Fsp3) is 0.167. The third-order valence-corrected chi connectivity index (χ3v) is 3.23. The van der Waals surface area contributed by atoms with Crippen LogP contribution >= 0.6 is 0 Å². The molecule has 106 valence electrons. The van der Waals surface area contributed by atoms with E-state index in [2.05, 4.69) is 11.2 Å². The van der Waals surface area contributed by atoms with Crippen molar-refractivity contribution in [3.05, 3.63) is 65.7 Å². The Bertz CT molecular complexity index is 627. The number of terminal acetylenes is 1. The van der Waals surface area contributed by atoms with Crippen molar-refractivity contribution in [3.63, 3.8) is 0 Å². The summed E-state index contributed by atoms with van der Waals surface area (Å²) in [7, 11) is 0. The number of quaternary nitrogens is 1. The van der Waals surface area contributed by atoms with Gasteiger partial charge >= 0.3 is 0 Å². The lowest BCUT2D eigenvalue weighted by Gasteiger charge is -2.15. The Hall–Kier alpha value is -2.57. The summed E-state index contributed by atoms with van der Waals surface area (Å²) >= 11 is 0. The van der Waals surface area contributed by atoms with Crippen LogP contribution in [0.1, 0.15) is 17.2 Å². The minimum Gasteiger partial charge on any atom is -0.322 e. The molecular formula is C18H19N2O+. The molecule has 21 heavy (non-hydrogen) atoms. The molecule has 3 nitrogen and oxygen atoms in total. The van der Waals surface area contributed by atoms with E-state index < -0.39 is 0 Å². The van der Waals surface area contributed by atoms with Crippen LogP contribution < -0.4 is 10.6 Å². The maximum Gasteiger partial charge on any atom is 0.287 e. The number of hydrogen-bond acceptors (Lipinski definition) is 1. The van der Waals surface area contributed by atoms with Gasteiger partial charge in [-0.15, -0.1) is 6.42 Å². The average molecular weight is 279 g/mol. The fourth-order valence-corrected chi connectivity index (χ4v) is 2.10. The number of carbonyl (C=O) groups excluding carboxylic acids is 1. The van der Waals surface area contributed by atoms with Crippen LogP contribution in [0.3, 0.4) is 0 Å². The van der Waals surface area contributed by atoms with Crippen LogP contribution in [0, 0.1) is 19.3 Å². The van der Waals surface area contributed by atoms with Gasteiger partial charge in [0.05, 0.1) is 0 Å². The maximum atomic E-state index is 12.5. The summed E-state index contributed by atoms with van der Waals surface area (Å²) in [5.74, 6) is 2.49.